The molecule has 1 saturated heterocycles. The Hall–Kier alpha value is -3.07. The first-order chi connectivity index (χ1) is 14.6. The van der Waals surface area contributed by atoms with Crippen molar-refractivity contribution >= 4 is 27.7 Å². The first-order valence-electron chi connectivity index (χ1n) is 10.1. The first-order valence-corrected chi connectivity index (χ1v) is 11.6. The second kappa shape index (κ2) is 10.0. The van der Waals surface area contributed by atoms with Gasteiger partial charge in [0.1, 0.15) is 0 Å². The van der Waals surface area contributed by atoms with Crippen LogP contribution in [0, 0.1) is 6.92 Å². The quantitative estimate of drug-likeness (QED) is 0.580. The Morgan fingerprint density at radius 2 is 1.69 bits per heavy atom. The summed E-state index contributed by atoms with van der Waals surface area (Å²) in [6.07, 6.45) is 0.137. The monoisotopic (exact) mass is 461 g/mol. The highest BCUT2D eigenvalue weighted by atomic mass is 32.2. The number of amides is 2. The number of nitrogens with two attached hydrogens (primary N) is 1. The zero-order valence-electron chi connectivity index (χ0n) is 17.4. The maximum atomic E-state index is 13.6. The fourth-order valence-electron chi connectivity index (χ4n) is 3.93. The van der Waals surface area contributed by atoms with Crippen molar-refractivity contribution in [1.82, 2.24) is 4.90 Å². The van der Waals surface area contributed by atoms with Gasteiger partial charge in [0, 0.05) is 13.1 Å². The molecular formula is C23H31N3O5S. The number of carboxylic acid groups (broad SMARTS) is 1. The SMILES string of the molecule is C.Cc1ccc(CCC2(S(=O)(=O)Nc3ccccc3C(N)=O)CCN(C(=O)O)CC2)cc1. The van der Waals surface area contributed by atoms with Gasteiger partial charge < -0.3 is 15.7 Å². The number of primary amides is 1. The summed E-state index contributed by atoms with van der Waals surface area (Å²) >= 11 is 0. The van der Waals surface area contributed by atoms with Gasteiger partial charge in [-0.25, -0.2) is 13.2 Å². The van der Waals surface area contributed by atoms with Crippen LogP contribution in [0.2, 0.25) is 0 Å². The highest BCUT2D eigenvalue weighted by Gasteiger charge is 2.46. The molecule has 3 rings (SSSR count). The molecule has 0 atom stereocenters. The van der Waals surface area contributed by atoms with Crippen LogP contribution in [0.1, 0.15) is 48.2 Å². The average molecular weight is 462 g/mol. The third kappa shape index (κ3) is 5.40. The Bertz CT molecular complexity index is 1060. The predicted octanol–water partition coefficient (Wildman–Crippen LogP) is 3.62. The molecule has 2 aromatic rings. The van der Waals surface area contributed by atoms with Gasteiger partial charge >= 0.3 is 6.09 Å². The number of benzene rings is 2. The second-order valence-corrected chi connectivity index (χ2v) is 10.0. The first kappa shape index (κ1) is 25.2. The number of sulfonamides is 1. The molecular weight excluding hydrogens is 430 g/mol. The predicted molar refractivity (Wildman–Crippen MR) is 125 cm³/mol. The smallest absolute Gasteiger partial charge is 0.407 e. The van der Waals surface area contributed by atoms with Crippen LogP contribution < -0.4 is 10.5 Å². The lowest BCUT2D eigenvalue weighted by Gasteiger charge is -2.40. The number of hydrogen-bond donors (Lipinski definition) is 3. The number of likely N-dealkylation sites (tertiary alicyclic amines) is 1. The van der Waals surface area contributed by atoms with Crippen molar-refractivity contribution < 1.29 is 23.1 Å². The summed E-state index contributed by atoms with van der Waals surface area (Å²) in [7, 11) is -3.96. The molecule has 0 aromatic heterocycles. The highest BCUT2D eigenvalue weighted by molar-refractivity contribution is 7.94. The molecule has 0 bridgehead atoms. The van der Waals surface area contributed by atoms with E-state index < -0.39 is 26.8 Å². The molecule has 9 heteroatoms. The number of carbonyl (C=O) groups excluding carboxylic acids is 1. The van der Waals surface area contributed by atoms with Crippen LogP contribution >= 0.6 is 0 Å². The number of rotatable bonds is 7. The fraction of sp³-hybridized carbons (Fsp3) is 0.391. The van der Waals surface area contributed by atoms with E-state index in [-0.39, 0.29) is 44.6 Å². The minimum absolute atomic E-state index is 0. The van der Waals surface area contributed by atoms with Gasteiger partial charge in [-0.2, -0.15) is 0 Å². The van der Waals surface area contributed by atoms with Crippen molar-refractivity contribution in [2.45, 2.75) is 44.8 Å². The van der Waals surface area contributed by atoms with E-state index in [4.69, 9.17) is 5.73 Å². The molecule has 0 saturated carbocycles. The summed E-state index contributed by atoms with van der Waals surface area (Å²) in [5.41, 5.74) is 7.74. The van der Waals surface area contributed by atoms with Crippen LogP contribution in [-0.2, 0) is 16.4 Å². The molecule has 1 fully saturated rings. The van der Waals surface area contributed by atoms with Gasteiger partial charge in [-0.15, -0.1) is 0 Å². The van der Waals surface area contributed by atoms with E-state index in [1.165, 1.54) is 17.0 Å². The molecule has 0 aliphatic carbocycles. The van der Waals surface area contributed by atoms with Crippen LogP contribution in [-0.4, -0.2) is 48.3 Å². The number of piperidine rings is 1. The largest absolute Gasteiger partial charge is 0.465 e. The molecule has 0 spiro atoms. The van der Waals surface area contributed by atoms with E-state index >= 15 is 0 Å². The Morgan fingerprint density at radius 3 is 2.25 bits per heavy atom. The number of carbonyl (C=O) groups is 2. The molecule has 1 aliphatic heterocycles. The van der Waals surface area contributed by atoms with Crippen LogP contribution in [0.3, 0.4) is 0 Å². The zero-order chi connectivity index (χ0) is 22.6. The van der Waals surface area contributed by atoms with Crippen LogP contribution in [0.4, 0.5) is 10.5 Å². The van der Waals surface area contributed by atoms with Crippen molar-refractivity contribution in [3.05, 3.63) is 65.2 Å². The molecule has 1 aliphatic rings. The molecule has 1 heterocycles. The van der Waals surface area contributed by atoms with Gasteiger partial charge in [0.2, 0.25) is 10.0 Å². The van der Waals surface area contributed by atoms with Gasteiger partial charge in [-0.1, -0.05) is 49.4 Å². The zero-order valence-corrected chi connectivity index (χ0v) is 18.2. The van der Waals surface area contributed by atoms with E-state index in [0.717, 1.165) is 11.1 Å². The standard InChI is InChI=1S/C22H27N3O5S.CH4/c1-16-6-8-17(9-7-16)10-11-22(12-14-25(15-13-22)21(27)28)31(29,30)24-19-5-3-2-4-18(19)20(23)26;/h2-9,24H,10-15H2,1H3,(H2,23,26)(H,27,28);1H4. The highest BCUT2D eigenvalue weighted by Crippen LogP contribution is 2.37. The molecule has 32 heavy (non-hydrogen) atoms. The van der Waals surface area contributed by atoms with Crippen molar-refractivity contribution in [3.63, 3.8) is 0 Å². The van der Waals surface area contributed by atoms with Gasteiger partial charge in [-0.3, -0.25) is 9.52 Å². The van der Waals surface area contributed by atoms with E-state index in [2.05, 4.69) is 4.72 Å². The average Bonchev–Trinajstić information content (AvgIpc) is 2.73. The van der Waals surface area contributed by atoms with Crippen LogP contribution in [0.15, 0.2) is 48.5 Å². The summed E-state index contributed by atoms with van der Waals surface area (Å²) in [6, 6.07) is 14.1. The minimum atomic E-state index is -3.96. The third-order valence-corrected chi connectivity index (χ3v) is 8.18. The number of para-hydroxylation sites is 1. The molecule has 4 N–H and O–H groups in total. The van der Waals surface area contributed by atoms with E-state index in [0.29, 0.717) is 12.8 Å². The Morgan fingerprint density at radius 1 is 1.09 bits per heavy atom. The number of hydrogen-bond acceptors (Lipinski definition) is 4. The maximum Gasteiger partial charge on any atom is 0.407 e. The summed E-state index contributed by atoms with van der Waals surface area (Å²) in [5.74, 6) is -0.729. The summed E-state index contributed by atoms with van der Waals surface area (Å²) in [5, 5.41) is 9.29. The van der Waals surface area contributed by atoms with Crippen molar-refractivity contribution in [3.8, 4) is 0 Å². The van der Waals surface area contributed by atoms with Crippen molar-refractivity contribution in [2.24, 2.45) is 5.73 Å². The van der Waals surface area contributed by atoms with Gasteiger partial charge in [-0.05, 0) is 50.3 Å². The van der Waals surface area contributed by atoms with Crippen LogP contribution in [0.5, 0.6) is 0 Å². The van der Waals surface area contributed by atoms with Crippen molar-refractivity contribution in [2.75, 3.05) is 17.8 Å². The maximum absolute atomic E-state index is 13.6. The third-order valence-electron chi connectivity index (χ3n) is 5.94. The van der Waals surface area contributed by atoms with E-state index in [9.17, 15) is 23.1 Å². The Labute approximate surface area is 189 Å². The van der Waals surface area contributed by atoms with E-state index in [1.54, 1.807) is 12.1 Å². The van der Waals surface area contributed by atoms with Gasteiger partial charge in [0.05, 0.1) is 16.0 Å². The number of nitrogens with zero attached hydrogens (tertiary/aromatic N) is 1. The molecule has 2 amide bonds. The molecule has 2 aromatic carbocycles. The second-order valence-electron chi connectivity index (χ2n) is 7.95. The normalized spacial score (nSPS) is 15.5. The van der Waals surface area contributed by atoms with Crippen LogP contribution in [0.25, 0.3) is 0 Å². The molecule has 8 nitrogen and oxygen atoms in total. The van der Waals surface area contributed by atoms with Crippen molar-refractivity contribution in [1.29, 1.82) is 0 Å². The van der Waals surface area contributed by atoms with Gasteiger partial charge in [0.25, 0.3) is 5.91 Å². The molecule has 0 unspecified atom stereocenters. The fourth-order valence-corrected chi connectivity index (χ4v) is 5.70. The number of nitrogens with one attached hydrogen (secondary N) is 1. The molecule has 174 valence electrons. The molecule has 0 radical (unpaired) electrons. The number of anilines is 1. The summed E-state index contributed by atoms with van der Waals surface area (Å²) < 4.78 is 28.6. The number of aryl methyl sites for hydroxylation is 2. The van der Waals surface area contributed by atoms with Gasteiger partial charge in [0.15, 0.2) is 0 Å². The lowest BCUT2D eigenvalue weighted by Crippen LogP contribution is -2.52. The lowest BCUT2D eigenvalue weighted by atomic mass is 9.89. The lowest BCUT2D eigenvalue weighted by molar-refractivity contribution is 0.100. The Kier molecular flexibility index (Phi) is 7.90. The Balaban J connectivity index is 0.00000363. The minimum Gasteiger partial charge on any atom is -0.465 e. The summed E-state index contributed by atoms with van der Waals surface area (Å²) in [4.78, 5) is 24.3. The van der Waals surface area contributed by atoms with E-state index in [1.807, 2.05) is 31.2 Å². The summed E-state index contributed by atoms with van der Waals surface area (Å²) in [6.45, 7) is 2.24. The topological polar surface area (TPSA) is 130 Å².